The molecule has 0 bridgehead atoms. The number of ether oxygens (including phenoxy) is 1. The number of carbonyl (C=O) groups is 1. The number of rotatable bonds is 5. The summed E-state index contributed by atoms with van der Waals surface area (Å²) in [7, 11) is 0. The average Bonchev–Trinajstić information content (AvgIpc) is 3.04. The molecule has 0 fully saturated rings. The molecule has 0 aromatic heterocycles. The Morgan fingerprint density at radius 2 is 2.12 bits per heavy atom. The number of non-ortho nitro benzene ring substituents is 1. The number of benzene rings is 2. The predicted molar refractivity (Wildman–Crippen MR) is 95.8 cm³/mol. The first kappa shape index (κ1) is 16.7. The van der Waals surface area contributed by atoms with Crippen molar-refractivity contribution in [2.24, 2.45) is 0 Å². The number of carbonyl (C=O) groups excluding carboxylic acids is 1. The van der Waals surface area contributed by atoms with Crippen molar-refractivity contribution in [3.05, 3.63) is 69.8 Å². The molecule has 1 amide bonds. The number of anilines is 1. The third-order valence-corrected chi connectivity index (χ3v) is 4.07. The van der Waals surface area contributed by atoms with Crippen molar-refractivity contribution < 1.29 is 14.5 Å². The molecule has 25 heavy (non-hydrogen) atoms. The van der Waals surface area contributed by atoms with E-state index in [9.17, 15) is 14.9 Å². The van der Waals surface area contributed by atoms with Crippen LogP contribution in [0.1, 0.15) is 18.1 Å². The minimum atomic E-state index is -0.449. The largest absolute Gasteiger partial charge is 0.493 e. The van der Waals surface area contributed by atoms with Gasteiger partial charge in [0.25, 0.3) is 11.6 Å². The summed E-state index contributed by atoms with van der Waals surface area (Å²) in [5.41, 5.74) is 2.37. The molecule has 0 N–H and O–H groups in total. The maximum atomic E-state index is 12.6. The van der Waals surface area contributed by atoms with E-state index < -0.39 is 4.92 Å². The van der Waals surface area contributed by atoms with E-state index in [4.69, 9.17) is 4.74 Å². The van der Waals surface area contributed by atoms with Gasteiger partial charge in [0, 0.05) is 30.3 Å². The lowest BCUT2D eigenvalue weighted by Gasteiger charge is -2.15. The zero-order valence-corrected chi connectivity index (χ0v) is 13.8. The summed E-state index contributed by atoms with van der Waals surface area (Å²) < 4.78 is 5.54. The second kappa shape index (κ2) is 7.17. The van der Waals surface area contributed by atoms with Crippen molar-refractivity contribution in [3.8, 4) is 5.75 Å². The van der Waals surface area contributed by atoms with Crippen LogP contribution in [0.2, 0.25) is 0 Å². The molecule has 0 saturated heterocycles. The summed E-state index contributed by atoms with van der Waals surface area (Å²) in [6.07, 6.45) is 3.89. The van der Waals surface area contributed by atoms with E-state index in [-0.39, 0.29) is 11.6 Å². The van der Waals surface area contributed by atoms with E-state index in [0.717, 1.165) is 11.1 Å². The molecular formula is C19H18N2O4. The molecule has 1 heterocycles. The molecule has 2 aromatic rings. The zero-order valence-electron chi connectivity index (χ0n) is 13.8. The van der Waals surface area contributed by atoms with Gasteiger partial charge in [-0.3, -0.25) is 14.9 Å². The fourth-order valence-electron chi connectivity index (χ4n) is 2.87. The molecule has 3 rings (SSSR count). The molecule has 0 atom stereocenters. The highest BCUT2D eigenvalue weighted by Crippen LogP contribution is 2.32. The zero-order chi connectivity index (χ0) is 17.8. The number of nitro benzene ring substituents is 1. The Morgan fingerprint density at radius 3 is 2.88 bits per heavy atom. The van der Waals surface area contributed by atoms with Gasteiger partial charge in [0.05, 0.1) is 17.2 Å². The van der Waals surface area contributed by atoms with Crippen molar-refractivity contribution in [1.82, 2.24) is 0 Å². The van der Waals surface area contributed by atoms with Crippen molar-refractivity contribution in [3.63, 3.8) is 0 Å². The van der Waals surface area contributed by atoms with E-state index in [1.807, 2.05) is 31.2 Å². The Bertz CT molecular complexity index is 845. The minimum Gasteiger partial charge on any atom is -0.493 e. The Labute approximate surface area is 145 Å². The molecule has 1 aliphatic rings. The van der Waals surface area contributed by atoms with Crippen molar-refractivity contribution in [2.45, 2.75) is 13.3 Å². The SMILES string of the molecule is CCOc1ccccc1/C=C/C(=O)N1CCc2ccc([N+](=O)[O-])cc21. The van der Waals surface area contributed by atoms with Gasteiger partial charge in [-0.05, 0) is 31.1 Å². The predicted octanol–water partition coefficient (Wildman–Crippen LogP) is 3.60. The summed E-state index contributed by atoms with van der Waals surface area (Å²) in [5, 5.41) is 11.0. The number of para-hydroxylation sites is 1. The van der Waals surface area contributed by atoms with Crippen LogP contribution < -0.4 is 9.64 Å². The van der Waals surface area contributed by atoms with Crippen molar-refractivity contribution in [2.75, 3.05) is 18.1 Å². The van der Waals surface area contributed by atoms with Gasteiger partial charge in [-0.2, -0.15) is 0 Å². The number of nitro groups is 1. The van der Waals surface area contributed by atoms with Crippen LogP contribution in [-0.4, -0.2) is 24.0 Å². The number of nitrogens with zero attached hydrogens (tertiary/aromatic N) is 2. The Kier molecular flexibility index (Phi) is 4.79. The average molecular weight is 338 g/mol. The van der Waals surface area contributed by atoms with Crippen LogP contribution in [0, 0.1) is 10.1 Å². The molecule has 0 unspecified atom stereocenters. The lowest BCUT2D eigenvalue weighted by Crippen LogP contribution is -2.26. The highest BCUT2D eigenvalue weighted by Gasteiger charge is 2.25. The van der Waals surface area contributed by atoms with E-state index in [2.05, 4.69) is 0 Å². The van der Waals surface area contributed by atoms with Gasteiger partial charge in [0.1, 0.15) is 5.75 Å². The van der Waals surface area contributed by atoms with Gasteiger partial charge in [0.15, 0.2) is 0 Å². The maximum absolute atomic E-state index is 12.6. The van der Waals surface area contributed by atoms with Crippen LogP contribution in [0.3, 0.4) is 0 Å². The first-order valence-corrected chi connectivity index (χ1v) is 8.09. The van der Waals surface area contributed by atoms with E-state index in [1.54, 1.807) is 17.0 Å². The summed E-state index contributed by atoms with van der Waals surface area (Å²) in [6, 6.07) is 12.1. The Balaban J connectivity index is 1.82. The van der Waals surface area contributed by atoms with Gasteiger partial charge in [0.2, 0.25) is 0 Å². The van der Waals surface area contributed by atoms with Crippen LogP contribution >= 0.6 is 0 Å². The molecule has 0 spiro atoms. The van der Waals surface area contributed by atoms with Gasteiger partial charge >= 0.3 is 0 Å². The number of hydrogen-bond donors (Lipinski definition) is 0. The molecule has 0 aliphatic carbocycles. The van der Waals surface area contributed by atoms with Gasteiger partial charge in [-0.25, -0.2) is 0 Å². The van der Waals surface area contributed by atoms with E-state index >= 15 is 0 Å². The molecule has 2 aromatic carbocycles. The molecule has 1 aliphatic heterocycles. The van der Waals surface area contributed by atoms with Crippen LogP contribution in [0.15, 0.2) is 48.5 Å². The normalized spacial score (nSPS) is 13.1. The molecular weight excluding hydrogens is 320 g/mol. The third kappa shape index (κ3) is 3.52. The highest BCUT2D eigenvalue weighted by molar-refractivity contribution is 6.05. The minimum absolute atomic E-state index is 0.0101. The first-order valence-electron chi connectivity index (χ1n) is 8.09. The summed E-state index contributed by atoms with van der Waals surface area (Å²) in [6.45, 7) is 2.97. The lowest BCUT2D eigenvalue weighted by molar-refractivity contribution is -0.384. The number of fused-ring (bicyclic) bond motifs is 1. The Morgan fingerprint density at radius 1 is 1.32 bits per heavy atom. The maximum Gasteiger partial charge on any atom is 0.271 e. The van der Waals surface area contributed by atoms with E-state index in [1.165, 1.54) is 18.2 Å². The standard InChI is InChI=1S/C19H18N2O4/c1-2-25-18-6-4-3-5-15(18)8-10-19(22)20-12-11-14-7-9-16(21(23)24)13-17(14)20/h3-10,13H,2,11-12H2,1H3/b10-8+. The second-order valence-corrected chi connectivity index (χ2v) is 5.61. The van der Waals surface area contributed by atoms with E-state index in [0.29, 0.717) is 31.0 Å². The van der Waals surface area contributed by atoms with Crippen molar-refractivity contribution in [1.29, 1.82) is 0 Å². The summed E-state index contributed by atoms with van der Waals surface area (Å²) in [5.74, 6) is 0.511. The molecule has 0 saturated carbocycles. The fraction of sp³-hybridized carbons (Fsp3) is 0.211. The fourth-order valence-corrected chi connectivity index (χ4v) is 2.87. The monoisotopic (exact) mass is 338 g/mol. The lowest BCUT2D eigenvalue weighted by atomic mass is 10.1. The smallest absolute Gasteiger partial charge is 0.271 e. The van der Waals surface area contributed by atoms with Crippen LogP contribution in [-0.2, 0) is 11.2 Å². The van der Waals surface area contributed by atoms with Crippen molar-refractivity contribution >= 4 is 23.4 Å². The van der Waals surface area contributed by atoms with Gasteiger partial charge in [-0.15, -0.1) is 0 Å². The number of amides is 1. The summed E-state index contributed by atoms with van der Waals surface area (Å²) >= 11 is 0. The van der Waals surface area contributed by atoms with Crippen LogP contribution in [0.5, 0.6) is 5.75 Å². The highest BCUT2D eigenvalue weighted by atomic mass is 16.6. The van der Waals surface area contributed by atoms with Gasteiger partial charge in [-0.1, -0.05) is 24.3 Å². The second-order valence-electron chi connectivity index (χ2n) is 5.61. The summed E-state index contributed by atoms with van der Waals surface area (Å²) in [4.78, 5) is 24.6. The third-order valence-electron chi connectivity index (χ3n) is 4.07. The quantitative estimate of drug-likeness (QED) is 0.474. The molecule has 6 nitrogen and oxygen atoms in total. The van der Waals surface area contributed by atoms with Crippen LogP contribution in [0.4, 0.5) is 11.4 Å². The first-order chi connectivity index (χ1) is 12.1. The molecule has 6 heteroatoms. The topological polar surface area (TPSA) is 72.7 Å². The molecule has 0 radical (unpaired) electrons. The number of hydrogen-bond acceptors (Lipinski definition) is 4. The Hall–Kier alpha value is -3.15. The molecule has 128 valence electrons. The van der Waals surface area contributed by atoms with Gasteiger partial charge < -0.3 is 9.64 Å². The van der Waals surface area contributed by atoms with Crippen LogP contribution in [0.25, 0.3) is 6.08 Å².